The molecule has 4 bridgehead atoms. The van der Waals surface area contributed by atoms with Gasteiger partial charge in [-0.05, 0) is 69.3 Å². The smallest absolute Gasteiger partial charge is 0.250 e. The van der Waals surface area contributed by atoms with Crippen molar-refractivity contribution in [1.82, 2.24) is 14.8 Å². The fourth-order valence-electron chi connectivity index (χ4n) is 6.35. The van der Waals surface area contributed by atoms with Gasteiger partial charge in [0.1, 0.15) is 0 Å². The molecule has 2 heterocycles. The maximum absolute atomic E-state index is 13.8. The molecule has 4 aliphatic rings. The Kier molecular flexibility index (Phi) is 2.94. The van der Waals surface area contributed by atoms with E-state index in [1.807, 2.05) is 0 Å². The minimum atomic E-state index is -2.48. The molecular formula is C19H23F2N3. The first-order chi connectivity index (χ1) is 11.4. The van der Waals surface area contributed by atoms with Gasteiger partial charge >= 0.3 is 0 Å². The molecule has 0 radical (unpaired) electrons. The van der Waals surface area contributed by atoms with E-state index in [2.05, 4.69) is 5.10 Å². The first-order valence-electron chi connectivity index (χ1n) is 9.08. The van der Waals surface area contributed by atoms with Gasteiger partial charge in [0.15, 0.2) is 5.65 Å². The summed E-state index contributed by atoms with van der Waals surface area (Å²) in [5.74, 6) is 2.33. The number of alkyl halides is 2. The van der Waals surface area contributed by atoms with Gasteiger partial charge in [0.2, 0.25) is 0 Å². The summed E-state index contributed by atoms with van der Waals surface area (Å²) in [6.07, 6.45) is 4.95. The van der Waals surface area contributed by atoms with Gasteiger partial charge in [0.05, 0.1) is 11.1 Å². The van der Waals surface area contributed by atoms with E-state index in [0.717, 1.165) is 42.7 Å². The molecule has 2 aromatic heterocycles. The van der Waals surface area contributed by atoms with Crippen LogP contribution in [0.25, 0.3) is 11.0 Å². The van der Waals surface area contributed by atoms with Gasteiger partial charge in [-0.1, -0.05) is 0 Å². The summed E-state index contributed by atoms with van der Waals surface area (Å²) in [5, 5.41) is 4.88. The van der Waals surface area contributed by atoms with Gasteiger partial charge in [-0.25, -0.2) is 13.8 Å². The number of rotatable bonds is 2. The fraction of sp³-hybridized carbons (Fsp3) is 0.684. The largest absolute Gasteiger partial charge is 0.264 e. The molecule has 0 saturated heterocycles. The van der Waals surface area contributed by atoms with Gasteiger partial charge in [-0.2, -0.15) is 5.10 Å². The molecule has 6 rings (SSSR count). The summed E-state index contributed by atoms with van der Waals surface area (Å²) in [5.41, 5.74) is 2.33. The SMILES string of the molecule is Cc1nn(C)c2nc(C34CC5CC(CC(C5)C3)C4)cc(C(F)F)c12. The summed E-state index contributed by atoms with van der Waals surface area (Å²) >= 11 is 0. The lowest BCUT2D eigenvalue weighted by molar-refractivity contribution is -0.00721. The molecule has 4 saturated carbocycles. The van der Waals surface area contributed by atoms with Gasteiger partial charge in [0, 0.05) is 23.7 Å². The van der Waals surface area contributed by atoms with E-state index in [4.69, 9.17) is 4.98 Å². The van der Waals surface area contributed by atoms with Crippen LogP contribution in [-0.4, -0.2) is 14.8 Å². The van der Waals surface area contributed by atoms with Crippen molar-refractivity contribution in [3.05, 3.63) is 23.0 Å². The Morgan fingerprint density at radius 2 is 1.71 bits per heavy atom. The number of aromatic nitrogens is 3. The molecule has 5 heteroatoms. The maximum Gasteiger partial charge on any atom is 0.264 e. The van der Waals surface area contributed by atoms with Crippen molar-refractivity contribution in [2.45, 2.75) is 57.3 Å². The van der Waals surface area contributed by atoms with Gasteiger partial charge in [-0.15, -0.1) is 0 Å². The van der Waals surface area contributed by atoms with Gasteiger partial charge in [-0.3, -0.25) is 4.68 Å². The first-order valence-corrected chi connectivity index (χ1v) is 9.08. The third kappa shape index (κ3) is 1.93. The van der Waals surface area contributed by atoms with E-state index < -0.39 is 6.43 Å². The van der Waals surface area contributed by atoms with Crippen molar-refractivity contribution < 1.29 is 8.78 Å². The first kappa shape index (κ1) is 14.8. The molecule has 2 aromatic rings. The third-order valence-electron chi connectivity index (χ3n) is 6.82. The molecular weight excluding hydrogens is 308 g/mol. The minimum absolute atomic E-state index is 0.0325. The predicted molar refractivity (Wildman–Crippen MR) is 88.1 cm³/mol. The van der Waals surface area contributed by atoms with E-state index >= 15 is 0 Å². The van der Waals surface area contributed by atoms with Crippen molar-refractivity contribution in [2.24, 2.45) is 24.8 Å². The molecule has 3 nitrogen and oxygen atoms in total. The van der Waals surface area contributed by atoms with Crippen LogP contribution in [0.3, 0.4) is 0 Å². The molecule has 4 aliphatic carbocycles. The van der Waals surface area contributed by atoms with E-state index in [1.165, 1.54) is 19.3 Å². The highest BCUT2D eigenvalue weighted by Gasteiger charge is 2.52. The Balaban J connectivity index is 1.71. The topological polar surface area (TPSA) is 30.7 Å². The zero-order valence-corrected chi connectivity index (χ0v) is 14.2. The quantitative estimate of drug-likeness (QED) is 0.800. The molecule has 128 valence electrons. The van der Waals surface area contributed by atoms with Crippen LogP contribution >= 0.6 is 0 Å². The van der Waals surface area contributed by atoms with Crippen molar-refractivity contribution in [3.8, 4) is 0 Å². The number of nitrogens with zero attached hydrogens (tertiary/aromatic N) is 3. The van der Waals surface area contributed by atoms with Crippen LogP contribution in [0.1, 0.15) is 61.9 Å². The monoisotopic (exact) mass is 331 g/mol. The van der Waals surface area contributed by atoms with Crippen LogP contribution in [-0.2, 0) is 12.5 Å². The van der Waals surface area contributed by atoms with Gasteiger partial charge < -0.3 is 0 Å². The van der Waals surface area contributed by atoms with E-state index in [9.17, 15) is 8.78 Å². The molecule has 24 heavy (non-hydrogen) atoms. The lowest BCUT2D eigenvalue weighted by Crippen LogP contribution is -2.49. The minimum Gasteiger partial charge on any atom is -0.250 e. The normalized spacial score (nSPS) is 34.6. The molecule has 0 atom stereocenters. The number of aryl methyl sites for hydroxylation is 2. The standard InChI is InChI=1S/C19H23F2N3/c1-10-16-14(17(20)21)6-15(22-18(16)24(2)23-10)19-7-11-3-12(8-19)5-13(4-11)9-19/h6,11-13,17H,3-5,7-9H2,1-2H3. The average molecular weight is 331 g/mol. The highest BCUT2D eigenvalue weighted by molar-refractivity contribution is 5.82. The predicted octanol–water partition coefficient (Wildman–Crippen LogP) is 4.68. The Morgan fingerprint density at radius 1 is 1.12 bits per heavy atom. The number of hydrogen-bond acceptors (Lipinski definition) is 2. The maximum atomic E-state index is 13.8. The molecule has 0 unspecified atom stereocenters. The second kappa shape index (κ2) is 4.77. The van der Waals surface area contributed by atoms with Crippen LogP contribution in [0, 0.1) is 24.7 Å². The van der Waals surface area contributed by atoms with Crippen LogP contribution in [0.5, 0.6) is 0 Å². The zero-order chi connectivity index (χ0) is 16.6. The number of fused-ring (bicyclic) bond motifs is 1. The summed E-state index contributed by atoms with van der Waals surface area (Å²) in [6, 6.07) is 1.72. The Morgan fingerprint density at radius 3 is 2.25 bits per heavy atom. The molecule has 0 spiro atoms. The molecule has 4 fully saturated rings. The summed E-state index contributed by atoms with van der Waals surface area (Å²) in [6.45, 7) is 1.79. The molecule has 0 amide bonds. The summed E-state index contributed by atoms with van der Waals surface area (Å²) in [7, 11) is 1.81. The highest BCUT2D eigenvalue weighted by atomic mass is 19.3. The molecule has 0 N–H and O–H groups in total. The number of pyridine rings is 1. The fourth-order valence-corrected chi connectivity index (χ4v) is 6.35. The number of halogens is 2. The Bertz CT molecular complexity index is 788. The lowest BCUT2D eigenvalue weighted by atomic mass is 9.48. The van der Waals surface area contributed by atoms with Gasteiger partial charge in [0.25, 0.3) is 6.43 Å². The van der Waals surface area contributed by atoms with Crippen LogP contribution in [0.4, 0.5) is 8.78 Å². The average Bonchev–Trinajstić information content (AvgIpc) is 2.80. The van der Waals surface area contributed by atoms with E-state index in [1.54, 1.807) is 24.7 Å². The van der Waals surface area contributed by atoms with Crippen LogP contribution in [0.15, 0.2) is 6.07 Å². The van der Waals surface area contributed by atoms with Crippen LogP contribution in [0.2, 0.25) is 0 Å². The van der Waals surface area contributed by atoms with Crippen LogP contribution < -0.4 is 0 Å². The van der Waals surface area contributed by atoms with E-state index in [-0.39, 0.29) is 11.0 Å². The second-order valence-electron chi connectivity index (χ2n) is 8.50. The molecule has 0 aliphatic heterocycles. The highest BCUT2D eigenvalue weighted by Crippen LogP contribution is 2.60. The summed E-state index contributed by atoms with van der Waals surface area (Å²) < 4.78 is 29.2. The number of hydrogen-bond donors (Lipinski definition) is 0. The lowest BCUT2D eigenvalue weighted by Gasteiger charge is -2.56. The third-order valence-corrected chi connectivity index (χ3v) is 6.82. The van der Waals surface area contributed by atoms with Crippen molar-refractivity contribution in [1.29, 1.82) is 0 Å². The Hall–Kier alpha value is -1.52. The van der Waals surface area contributed by atoms with E-state index in [0.29, 0.717) is 16.7 Å². The Labute approximate surface area is 140 Å². The molecule has 0 aromatic carbocycles. The second-order valence-corrected chi connectivity index (χ2v) is 8.50. The summed E-state index contributed by atoms with van der Waals surface area (Å²) in [4.78, 5) is 4.90. The van der Waals surface area contributed by atoms with Crippen molar-refractivity contribution >= 4 is 11.0 Å². The van der Waals surface area contributed by atoms with Crippen molar-refractivity contribution in [3.63, 3.8) is 0 Å². The van der Waals surface area contributed by atoms with Crippen molar-refractivity contribution in [2.75, 3.05) is 0 Å². The zero-order valence-electron chi connectivity index (χ0n) is 14.2.